The van der Waals surface area contributed by atoms with Crippen molar-refractivity contribution in [2.45, 2.75) is 38.3 Å². The van der Waals surface area contributed by atoms with Crippen LogP contribution in [0.3, 0.4) is 0 Å². The zero-order valence-corrected chi connectivity index (χ0v) is 17.9. The Kier molecular flexibility index (Phi) is 4.41. The Balaban J connectivity index is 1.41. The number of aromatic nitrogens is 5. The number of esters is 1. The maximum atomic E-state index is 11.7. The van der Waals surface area contributed by atoms with E-state index in [-0.39, 0.29) is 5.97 Å². The van der Waals surface area contributed by atoms with Crippen molar-refractivity contribution in [2.24, 2.45) is 0 Å². The van der Waals surface area contributed by atoms with Gasteiger partial charge in [-0.2, -0.15) is 5.10 Å². The number of carbonyl (C=O) groups excluding carboxylic acids is 1. The predicted octanol–water partition coefficient (Wildman–Crippen LogP) is 4.54. The van der Waals surface area contributed by atoms with E-state index < -0.39 is 0 Å². The van der Waals surface area contributed by atoms with E-state index in [1.807, 2.05) is 24.4 Å². The molecule has 0 N–H and O–H groups in total. The molecule has 0 spiro atoms. The van der Waals surface area contributed by atoms with E-state index in [2.05, 4.69) is 32.6 Å². The van der Waals surface area contributed by atoms with Crippen LogP contribution in [0.5, 0.6) is 0 Å². The van der Waals surface area contributed by atoms with Gasteiger partial charge >= 0.3 is 5.97 Å². The van der Waals surface area contributed by atoms with E-state index in [9.17, 15) is 4.79 Å². The van der Waals surface area contributed by atoms with Crippen LogP contribution in [-0.2, 0) is 17.7 Å². The average molecular weight is 425 g/mol. The molecule has 7 nitrogen and oxygen atoms in total. The summed E-state index contributed by atoms with van der Waals surface area (Å²) >= 11 is 0. The molecule has 2 aliphatic rings. The maximum Gasteiger partial charge on any atom is 0.337 e. The fraction of sp³-hybridized carbons (Fsp3) is 0.280. The minimum atomic E-state index is -0.344. The van der Waals surface area contributed by atoms with E-state index in [1.54, 1.807) is 12.1 Å². The molecule has 0 radical (unpaired) electrons. The number of rotatable bonds is 5. The van der Waals surface area contributed by atoms with Gasteiger partial charge in [0.05, 0.1) is 30.1 Å². The molecule has 1 aromatic carbocycles. The van der Waals surface area contributed by atoms with Gasteiger partial charge in [0.25, 0.3) is 0 Å². The van der Waals surface area contributed by atoms with Crippen molar-refractivity contribution in [3.8, 4) is 33.9 Å². The number of carbonyl (C=O) groups is 1. The van der Waals surface area contributed by atoms with E-state index >= 15 is 0 Å². The Morgan fingerprint density at radius 2 is 1.91 bits per heavy atom. The molecular weight excluding hydrogens is 402 g/mol. The Morgan fingerprint density at radius 1 is 1.06 bits per heavy atom. The first-order valence-electron chi connectivity index (χ1n) is 11.0. The molecule has 0 amide bonds. The van der Waals surface area contributed by atoms with Crippen LogP contribution in [0.1, 0.15) is 41.5 Å². The van der Waals surface area contributed by atoms with Crippen LogP contribution in [0.15, 0.2) is 54.9 Å². The summed E-state index contributed by atoms with van der Waals surface area (Å²) in [7, 11) is 1.39. The van der Waals surface area contributed by atoms with Gasteiger partial charge in [0.15, 0.2) is 0 Å². The quantitative estimate of drug-likeness (QED) is 0.439. The van der Waals surface area contributed by atoms with Crippen molar-refractivity contribution in [3.05, 3.63) is 66.2 Å². The Labute approximate surface area is 185 Å². The van der Waals surface area contributed by atoms with Gasteiger partial charge in [0.2, 0.25) is 0 Å². The molecule has 0 atom stereocenters. The third-order valence-electron chi connectivity index (χ3n) is 6.24. The highest BCUT2D eigenvalue weighted by molar-refractivity contribution is 5.90. The first-order chi connectivity index (χ1) is 15.7. The third-order valence-corrected chi connectivity index (χ3v) is 6.24. The first kappa shape index (κ1) is 19.0. The Morgan fingerprint density at radius 3 is 2.69 bits per heavy atom. The number of imidazole rings is 1. The fourth-order valence-corrected chi connectivity index (χ4v) is 4.43. The molecule has 0 unspecified atom stereocenters. The van der Waals surface area contributed by atoms with Crippen LogP contribution in [-0.4, -0.2) is 37.4 Å². The highest BCUT2D eigenvalue weighted by atomic mass is 16.5. The summed E-state index contributed by atoms with van der Waals surface area (Å²) in [4.78, 5) is 21.3. The largest absolute Gasteiger partial charge is 0.465 e. The van der Waals surface area contributed by atoms with Gasteiger partial charge in [0, 0.05) is 36.5 Å². The molecule has 4 aromatic rings. The zero-order chi connectivity index (χ0) is 21.7. The molecule has 32 heavy (non-hydrogen) atoms. The van der Waals surface area contributed by atoms with E-state index in [0.717, 1.165) is 59.1 Å². The molecular formula is C25H23N5O2. The van der Waals surface area contributed by atoms with Crippen molar-refractivity contribution in [1.29, 1.82) is 0 Å². The van der Waals surface area contributed by atoms with Gasteiger partial charge in [-0.3, -0.25) is 9.67 Å². The van der Waals surface area contributed by atoms with Crippen LogP contribution in [0, 0.1) is 0 Å². The summed E-state index contributed by atoms with van der Waals surface area (Å²) in [6.45, 7) is 0.965. The molecule has 6 rings (SSSR count). The lowest BCUT2D eigenvalue weighted by Crippen LogP contribution is -2.00. The molecule has 7 heteroatoms. The molecule has 4 heterocycles. The highest BCUT2D eigenvalue weighted by Gasteiger charge is 2.28. The highest BCUT2D eigenvalue weighted by Crippen LogP contribution is 2.38. The minimum Gasteiger partial charge on any atom is -0.465 e. The van der Waals surface area contributed by atoms with Crippen LogP contribution >= 0.6 is 0 Å². The van der Waals surface area contributed by atoms with Crippen molar-refractivity contribution in [1.82, 2.24) is 24.3 Å². The molecule has 0 saturated heterocycles. The van der Waals surface area contributed by atoms with Gasteiger partial charge < -0.3 is 9.30 Å². The number of ether oxygens (including phenoxy) is 1. The number of pyridine rings is 1. The normalized spacial score (nSPS) is 15.0. The lowest BCUT2D eigenvalue weighted by molar-refractivity contribution is 0.0601. The lowest BCUT2D eigenvalue weighted by atomic mass is 10.0. The number of methoxy groups -OCH3 is 1. The van der Waals surface area contributed by atoms with Crippen LogP contribution in [0.2, 0.25) is 0 Å². The molecule has 1 saturated carbocycles. The monoisotopic (exact) mass is 425 g/mol. The molecule has 3 aromatic heterocycles. The molecule has 160 valence electrons. The summed E-state index contributed by atoms with van der Waals surface area (Å²) in [6, 6.07) is 14.1. The predicted molar refractivity (Wildman–Crippen MR) is 120 cm³/mol. The zero-order valence-electron chi connectivity index (χ0n) is 17.9. The Bertz CT molecular complexity index is 1310. The van der Waals surface area contributed by atoms with Gasteiger partial charge in [-0.05, 0) is 49.6 Å². The lowest BCUT2D eigenvalue weighted by Gasteiger charge is -2.10. The number of benzene rings is 1. The first-order valence-corrected chi connectivity index (χ1v) is 11.0. The van der Waals surface area contributed by atoms with Gasteiger partial charge in [-0.25, -0.2) is 9.78 Å². The number of hydrogen-bond donors (Lipinski definition) is 0. The second kappa shape index (κ2) is 7.44. The standard InChI is InChI=1S/C25H23N5O2/c1-32-25(31)17-6-4-16(5-7-17)21-15-18(10-12-26-21)24-23(27-22-3-2-13-29(22)24)20-11-14-30(28-20)19-8-9-19/h4-7,10-12,14-15,19H,2-3,8-9,13H2,1H3. The van der Waals surface area contributed by atoms with Gasteiger partial charge in [0.1, 0.15) is 17.2 Å². The number of nitrogens with zero attached hydrogens (tertiary/aromatic N) is 5. The second-order valence-electron chi connectivity index (χ2n) is 8.39. The van der Waals surface area contributed by atoms with Gasteiger partial charge in [-0.1, -0.05) is 12.1 Å². The Hall–Kier alpha value is -3.74. The van der Waals surface area contributed by atoms with Crippen LogP contribution in [0.25, 0.3) is 33.9 Å². The summed E-state index contributed by atoms with van der Waals surface area (Å²) in [5, 5.41) is 4.84. The second-order valence-corrected chi connectivity index (χ2v) is 8.39. The third kappa shape index (κ3) is 3.21. The summed E-state index contributed by atoms with van der Waals surface area (Å²) in [5.74, 6) is 0.778. The fourth-order valence-electron chi connectivity index (χ4n) is 4.43. The van der Waals surface area contributed by atoms with Crippen molar-refractivity contribution in [2.75, 3.05) is 7.11 Å². The topological polar surface area (TPSA) is 74.8 Å². The van der Waals surface area contributed by atoms with Gasteiger partial charge in [-0.15, -0.1) is 0 Å². The van der Waals surface area contributed by atoms with E-state index in [1.165, 1.54) is 20.0 Å². The molecule has 1 aliphatic carbocycles. The number of hydrogen-bond acceptors (Lipinski definition) is 5. The van der Waals surface area contributed by atoms with Crippen molar-refractivity contribution >= 4 is 5.97 Å². The molecule has 0 bridgehead atoms. The maximum absolute atomic E-state index is 11.7. The van der Waals surface area contributed by atoms with Crippen LogP contribution < -0.4 is 0 Å². The summed E-state index contributed by atoms with van der Waals surface area (Å²) < 4.78 is 9.19. The van der Waals surface area contributed by atoms with Crippen molar-refractivity contribution < 1.29 is 9.53 Å². The van der Waals surface area contributed by atoms with Crippen LogP contribution in [0.4, 0.5) is 0 Å². The number of fused-ring (bicyclic) bond motifs is 1. The average Bonchev–Trinajstić information content (AvgIpc) is 3.22. The SMILES string of the molecule is COC(=O)c1ccc(-c2cc(-c3c(-c4ccn(C5CC5)n4)nc4n3CCC4)ccn2)cc1. The molecule has 1 aliphatic heterocycles. The van der Waals surface area contributed by atoms with E-state index in [0.29, 0.717) is 11.6 Å². The summed E-state index contributed by atoms with van der Waals surface area (Å²) in [5.41, 5.74) is 6.36. The molecule has 1 fully saturated rings. The van der Waals surface area contributed by atoms with Crippen molar-refractivity contribution in [3.63, 3.8) is 0 Å². The van der Waals surface area contributed by atoms with E-state index in [4.69, 9.17) is 14.8 Å². The minimum absolute atomic E-state index is 0.344. The smallest absolute Gasteiger partial charge is 0.337 e. The number of aryl methyl sites for hydroxylation is 1. The summed E-state index contributed by atoms with van der Waals surface area (Å²) in [6.07, 6.45) is 8.41.